The van der Waals surface area contributed by atoms with Crippen molar-refractivity contribution in [3.63, 3.8) is 0 Å². The third kappa shape index (κ3) is 4.50. The molecule has 6 heteroatoms. The number of benzene rings is 8. The first kappa shape index (κ1) is 30.7. The number of para-hydroxylation sites is 3. The number of hydrogen-bond donors (Lipinski definition) is 0. The van der Waals surface area contributed by atoms with Gasteiger partial charge in [-0.15, -0.1) is 0 Å². The van der Waals surface area contributed by atoms with Gasteiger partial charge in [-0.25, -0.2) is 19.9 Å². The minimum atomic E-state index is 0.557. The summed E-state index contributed by atoms with van der Waals surface area (Å²) >= 11 is 0. The molecule has 0 bridgehead atoms. The third-order valence-electron chi connectivity index (χ3n) is 11.2. The summed E-state index contributed by atoms with van der Waals surface area (Å²) in [6, 6.07) is 60.5. The van der Waals surface area contributed by atoms with Gasteiger partial charge in [-0.1, -0.05) is 109 Å². The van der Waals surface area contributed by atoms with Crippen LogP contribution in [0.15, 0.2) is 182 Å². The second-order valence-electron chi connectivity index (χ2n) is 14.3. The van der Waals surface area contributed by atoms with E-state index >= 15 is 0 Å². The first-order valence-electron chi connectivity index (χ1n) is 18.8. The molecule has 0 N–H and O–H groups in total. The summed E-state index contributed by atoms with van der Waals surface area (Å²) in [7, 11) is 0. The highest BCUT2D eigenvalue weighted by Gasteiger charge is 2.20. The molecule has 6 nitrogen and oxygen atoms in total. The average molecular weight is 715 g/mol. The zero-order chi connectivity index (χ0) is 36.7. The molecule has 12 rings (SSSR count). The second-order valence-corrected chi connectivity index (χ2v) is 14.3. The molecular weight excluding hydrogens is 685 g/mol. The Bertz CT molecular complexity index is 3540. The van der Waals surface area contributed by atoms with E-state index in [-0.39, 0.29) is 0 Å². The lowest BCUT2D eigenvalue weighted by Crippen LogP contribution is -2.00. The van der Waals surface area contributed by atoms with Crippen molar-refractivity contribution < 1.29 is 0 Å². The fraction of sp³-hybridized carbons (Fsp3) is 0. The van der Waals surface area contributed by atoms with Crippen LogP contribution in [0, 0.1) is 0 Å². The van der Waals surface area contributed by atoms with Crippen LogP contribution in [-0.4, -0.2) is 29.1 Å². The van der Waals surface area contributed by atoms with Crippen LogP contribution in [0.1, 0.15) is 0 Å². The quantitative estimate of drug-likeness (QED) is 0.182. The van der Waals surface area contributed by atoms with E-state index in [4.69, 9.17) is 19.9 Å². The zero-order valence-electron chi connectivity index (χ0n) is 30.0. The molecule has 56 heavy (non-hydrogen) atoms. The van der Waals surface area contributed by atoms with E-state index in [1.54, 1.807) is 12.4 Å². The summed E-state index contributed by atoms with van der Waals surface area (Å²) in [6.07, 6.45) is 3.42. The van der Waals surface area contributed by atoms with Gasteiger partial charge >= 0.3 is 0 Å². The smallest absolute Gasteiger partial charge is 0.182 e. The van der Waals surface area contributed by atoms with Crippen molar-refractivity contribution in [3.05, 3.63) is 182 Å². The highest BCUT2D eigenvalue weighted by molar-refractivity contribution is 6.15. The zero-order valence-corrected chi connectivity index (χ0v) is 30.0. The summed E-state index contributed by atoms with van der Waals surface area (Å²) in [4.78, 5) is 19.9. The Morgan fingerprint density at radius 3 is 1.82 bits per heavy atom. The van der Waals surface area contributed by atoms with Gasteiger partial charge in [0.05, 0.1) is 27.8 Å². The largest absolute Gasteiger partial charge is 0.309 e. The highest BCUT2D eigenvalue weighted by Crippen LogP contribution is 2.40. The minimum Gasteiger partial charge on any atom is -0.309 e. The highest BCUT2D eigenvalue weighted by atomic mass is 15.0. The minimum absolute atomic E-state index is 0.557. The Labute approximate surface area is 320 Å². The molecule has 12 aromatic rings. The molecule has 260 valence electrons. The predicted octanol–water partition coefficient (Wildman–Crippen LogP) is 12.3. The van der Waals surface area contributed by atoms with Gasteiger partial charge in [-0.3, -0.25) is 0 Å². The number of aromatic nitrogens is 6. The van der Waals surface area contributed by atoms with Gasteiger partial charge in [0.15, 0.2) is 11.5 Å². The topological polar surface area (TPSA) is 61.4 Å². The normalized spacial score (nSPS) is 11.9. The van der Waals surface area contributed by atoms with Gasteiger partial charge < -0.3 is 9.13 Å². The van der Waals surface area contributed by atoms with Gasteiger partial charge in [-0.2, -0.15) is 0 Å². The molecule has 0 spiro atoms. The van der Waals surface area contributed by atoms with Crippen LogP contribution in [0.5, 0.6) is 0 Å². The van der Waals surface area contributed by atoms with Crippen molar-refractivity contribution in [1.82, 2.24) is 29.1 Å². The van der Waals surface area contributed by atoms with Gasteiger partial charge in [-0.05, 0) is 76.8 Å². The van der Waals surface area contributed by atoms with E-state index in [1.807, 2.05) is 0 Å². The van der Waals surface area contributed by atoms with Crippen molar-refractivity contribution in [2.75, 3.05) is 0 Å². The van der Waals surface area contributed by atoms with Crippen molar-refractivity contribution in [2.24, 2.45) is 0 Å². The molecule has 0 saturated heterocycles. The van der Waals surface area contributed by atoms with Crippen molar-refractivity contribution in [1.29, 1.82) is 0 Å². The van der Waals surface area contributed by atoms with Gasteiger partial charge in [0.2, 0.25) is 0 Å². The lowest BCUT2D eigenvalue weighted by Gasteiger charge is -2.15. The standard InChI is InChI=1S/C50H30N6/c1-2-14-34(15-3-1)55-42-20-10-8-18-37(42)40-29-33(22-24-45(40)55)47-48-50(52-27-26-51-48)54-49(53-47)39-23-25-44(36-17-7-6-16-35(36)39)56-43-21-11-9-19-38(43)41-28-31-12-4-5-13-32(31)30-46(41)56/h1-30H. The Morgan fingerprint density at radius 2 is 1.02 bits per heavy atom. The van der Waals surface area contributed by atoms with E-state index in [0.717, 1.165) is 55.4 Å². The Balaban J connectivity index is 1.08. The molecule has 8 aromatic carbocycles. The third-order valence-corrected chi connectivity index (χ3v) is 11.2. The molecular formula is C50H30N6. The fourth-order valence-electron chi connectivity index (χ4n) is 8.75. The molecule has 0 saturated carbocycles. The average Bonchev–Trinajstić information content (AvgIpc) is 3.77. The van der Waals surface area contributed by atoms with Crippen LogP contribution < -0.4 is 0 Å². The van der Waals surface area contributed by atoms with Gasteiger partial charge in [0, 0.05) is 56.1 Å². The predicted molar refractivity (Wildman–Crippen MR) is 230 cm³/mol. The molecule has 4 heterocycles. The Hall–Kier alpha value is -7.70. The summed E-state index contributed by atoms with van der Waals surface area (Å²) in [5.74, 6) is 0.607. The van der Waals surface area contributed by atoms with Gasteiger partial charge in [0.1, 0.15) is 11.2 Å². The monoisotopic (exact) mass is 714 g/mol. The molecule has 0 unspecified atom stereocenters. The molecule has 4 aromatic heterocycles. The lowest BCUT2D eigenvalue weighted by atomic mass is 10.0. The van der Waals surface area contributed by atoms with Crippen LogP contribution in [0.2, 0.25) is 0 Å². The summed E-state index contributed by atoms with van der Waals surface area (Å²) < 4.78 is 4.73. The lowest BCUT2D eigenvalue weighted by molar-refractivity contribution is 1.15. The number of hydrogen-bond acceptors (Lipinski definition) is 4. The Morgan fingerprint density at radius 1 is 0.393 bits per heavy atom. The maximum absolute atomic E-state index is 5.34. The molecule has 0 amide bonds. The van der Waals surface area contributed by atoms with E-state index in [1.165, 1.54) is 38.0 Å². The molecule has 0 radical (unpaired) electrons. The number of fused-ring (bicyclic) bond motifs is 9. The number of nitrogens with zero attached hydrogens (tertiary/aromatic N) is 6. The summed E-state index contributed by atoms with van der Waals surface area (Å²) in [6.45, 7) is 0. The van der Waals surface area contributed by atoms with E-state index in [9.17, 15) is 0 Å². The summed E-state index contributed by atoms with van der Waals surface area (Å²) in [5.41, 5.74) is 10.7. The SMILES string of the molecule is c1ccc(-n2c3ccccc3c3cc(-c4nc(-c5ccc(-n6c7ccccc7c7cc8ccccc8cc76)c6ccccc56)nc5nccnc45)ccc32)cc1. The maximum Gasteiger partial charge on any atom is 0.182 e. The maximum atomic E-state index is 5.34. The molecule has 0 fully saturated rings. The van der Waals surface area contributed by atoms with Crippen molar-refractivity contribution in [2.45, 2.75) is 0 Å². The van der Waals surface area contributed by atoms with E-state index < -0.39 is 0 Å². The van der Waals surface area contributed by atoms with Crippen LogP contribution in [0.25, 0.3) is 110 Å². The molecule has 0 aliphatic carbocycles. The van der Waals surface area contributed by atoms with Crippen LogP contribution >= 0.6 is 0 Å². The second kappa shape index (κ2) is 11.9. The fourth-order valence-corrected chi connectivity index (χ4v) is 8.75. The van der Waals surface area contributed by atoms with E-state index in [2.05, 4.69) is 179 Å². The molecule has 0 atom stereocenters. The van der Waals surface area contributed by atoms with E-state index in [0.29, 0.717) is 17.0 Å². The molecule has 0 aliphatic rings. The van der Waals surface area contributed by atoms with Crippen LogP contribution in [-0.2, 0) is 0 Å². The molecule has 0 aliphatic heterocycles. The summed E-state index contributed by atoms with van der Waals surface area (Å²) in [5, 5.41) is 9.41. The first-order valence-corrected chi connectivity index (χ1v) is 18.8. The van der Waals surface area contributed by atoms with Crippen LogP contribution in [0.3, 0.4) is 0 Å². The van der Waals surface area contributed by atoms with Crippen LogP contribution in [0.4, 0.5) is 0 Å². The first-order chi connectivity index (χ1) is 27.8. The van der Waals surface area contributed by atoms with Crippen molar-refractivity contribution in [3.8, 4) is 34.0 Å². The number of rotatable bonds is 4. The Kier molecular flexibility index (Phi) is 6.53. The van der Waals surface area contributed by atoms with Gasteiger partial charge in [0.25, 0.3) is 0 Å². The van der Waals surface area contributed by atoms with Crippen molar-refractivity contribution >= 4 is 76.3 Å².